The summed E-state index contributed by atoms with van der Waals surface area (Å²) in [5.74, 6) is 2.06. The van der Waals surface area contributed by atoms with Crippen molar-refractivity contribution >= 4 is 35.0 Å². The second-order valence-corrected chi connectivity index (χ2v) is 9.06. The Hall–Kier alpha value is -2.47. The number of carbonyl (C=O) groups is 2. The number of nitrogens with zero attached hydrogens (tertiary/aromatic N) is 1. The van der Waals surface area contributed by atoms with E-state index in [-0.39, 0.29) is 17.2 Å². The van der Waals surface area contributed by atoms with Crippen LogP contribution < -0.4 is 15.0 Å². The van der Waals surface area contributed by atoms with Gasteiger partial charge in [-0.1, -0.05) is 43.9 Å². The zero-order chi connectivity index (χ0) is 20.9. The van der Waals surface area contributed by atoms with Gasteiger partial charge in [-0.05, 0) is 42.2 Å². The first kappa shape index (κ1) is 20.8. The van der Waals surface area contributed by atoms with Crippen LogP contribution in [0.3, 0.4) is 0 Å². The predicted molar refractivity (Wildman–Crippen MR) is 122 cm³/mol. The van der Waals surface area contributed by atoms with Crippen molar-refractivity contribution in [2.24, 2.45) is 5.92 Å². The van der Waals surface area contributed by atoms with Crippen LogP contribution >= 0.6 is 11.8 Å². The Kier molecular flexibility index (Phi) is 6.62. The van der Waals surface area contributed by atoms with Gasteiger partial charge in [-0.3, -0.25) is 14.5 Å². The predicted octanol–water partition coefficient (Wildman–Crippen LogP) is 5.38. The summed E-state index contributed by atoms with van der Waals surface area (Å²) < 4.78 is 5.31. The third-order valence-electron chi connectivity index (χ3n) is 5.93. The third kappa shape index (κ3) is 4.81. The molecule has 0 spiro atoms. The van der Waals surface area contributed by atoms with Crippen molar-refractivity contribution in [3.05, 3.63) is 54.1 Å². The number of ether oxygens (including phenoxy) is 1. The molecule has 1 N–H and O–H groups in total. The molecule has 2 fully saturated rings. The molecule has 4 rings (SSSR count). The number of rotatable bonds is 7. The van der Waals surface area contributed by atoms with Crippen LogP contribution in [0.15, 0.2) is 48.5 Å². The van der Waals surface area contributed by atoms with Crippen molar-refractivity contribution in [2.75, 3.05) is 23.1 Å². The zero-order valence-electron chi connectivity index (χ0n) is 17.3. The molecule has 1 aliphatic heterocycles. The average Bonchev–Trinajstić information content (AvgIpc) is 3.42. The minimum Gasteiger partial charge on any atom is -0.497 e. The molecule has 5 nitrogen and oxygen atoms in total. The first-order valence-electron chi connectivity index (χ1n) is 10.6. The lowest BCUT2D eigenvalue weighted by molar-refractivity contribution is -0.117. The second-order valence-electron chi connectivity index (χ2n) is 7.99. The second kappa shape index (κ2) is 9.56. The molecule has 1 heterocycles. The topological polar surface area (TPSA) is 58.6 Å². The molecule has 1 atom stereocenters. The van der Waals surface area contributed by atoms with Gasteiger partial charge in [-0.15, -0.1) is 11.8 Å². The van der Waals surface area contributed by atoms with Gasteiger partial charge in [0.25, 0.3) is 0 Å². The van der Waals surface area contributed by atoms with E-state index in [4.69, 9.17) is 4.74 Å². The van der Waals surface area contributed by atoms with Gasteiger partial charge >= 0.3 is 0 Å². The lowest BCUT2D eigenvalue weighted by atomic mass is 10.0. The molecule has 158 valence electrons. The van der Waals surface area contributed by atoms with Gasteiger partial charge in [0.15, 0.2) is 0 Å². The summed E-state index contributed by atoms with van der Waals surface area (Å²) in [5.41, 5.74) is 2.67. The van der Waals surface area contributed by atoms with E-state index >= 15 is 0 Å². The van der Waals surface area contributed by atoms with Crippen LogP contribution in [-0.4, -0.2) is 24.7 Å². The summed E-state index contributed by atoms with van der Waals surface area (Å²) in [6, 6.07) is 15.4. The van der Waals surface area contributed by atoms with Crippen molar-refractivity contribution < 1.29 is 14.3 Å². The number of benzene rings is 2. The van der Waals surface area contributed by atoms with E-state index in [9.17, 15) is 9.59 Å². The van der Waals surface area contributed by atoms with E-state index in [1.54, 1.807) is 18.9 Å². The van der Waals surface area contributed by atoms with E-state index < -0.39 is 0 Å². The fraction of sp³-hybridized carbons (Fsp3) is 0.417. The molecule has 0 radical (unpaired) electrons. The van der Waals surface area contributed by atoms with Crippen molar-refractivity contribution in [3.8, 4) is 5.75 Å². The largest absolute Gasteiger partial charge is 0.497 e. The average molecular weight is 425 g/mol. The van der Waals surface area contributed by atoms with Gasteiger partial charge in [-0.2, -0.15) is 0 Å². The molecular weight excluding hydrogens is 396 g/mol. The van der Waals surface area contributed by atoms with Crippen LogP contribution in [0.2, 0.25) is 0 Å². The highest BCUT2D eigenvalue weighted by Crippen LogP contribution is 2.42. The van der Waals surface area contributed by atoms with Gasteiger partial charge in [0.2, 0.25) is 11.8 Å². The fourth-order valence-electron chi connectivity index (χ4n) is 4.30. The number of anilines is 2. The normalized spacial score (nSPS) is 19.3. The summed E-state index contributed by atoms with van der Waals surface area (Å²) in [4.78, 5) is 26.7. The van der Waals surface area contributed by atoms with Crippen molar-refractivity contribution in [2.45, 2.75) is 43.9 Å². The van der Waals surface area contributed by atoms with Crippen LogP contribution in [0.25, 0.3) is 0 Å². The highest BCUT2D eigenvalue weighted by atomic mass is 32.2. The summed E-state index contributed by atoms with van der Waals surface area (Å²) in [7, 11) is 1.62. The lowest BCUT2D eigenvalue weighted by Crippen LogP contribution is -2.27. The molecule has 0 bridgehead atoms. The van der Waals surface area contributed by atoms with Crippen LogP contribution in [0, 0.1) is 5.92 Å². The maximum atomic E-state index is 12.6. The van der Waals surface area contributed by atoms with E-state index in [1.165, 1.54) is 25.7 Å². The summed E-state index contributed by atoms with van der Waals surface area (Å²) in [5, 5.41) is 2.92. The Morgan fingerprint density at radius 1 is 1.17 bits per heavy atom. The Labute approximate surface area is 182 Å². The van der Waals surface area contributed by atoms with E-state index in [0.29, 0.717) is 12.2 Å². The lowest BCUT2D eigenvalue weighted by Gasteiger charge is -2.25. The molecule has 1 aliphatic carbocycles. The Bertz CT molecular complexity index is 894. The number of methoxy groups -OCH3 is 1. The highest BCUT2D eigenvalue weighted by Gasteiger charge is 2.34. The number of thioether (sulfide) groups is 1. The SMILES string of the molecule is COc1cccc(N2C(=O)CS[C@@H]2c2ccc(NC(=O)CCC3CCCC3)cc2)c1. The van der Waals surface area contributed by atoms with Gasteiger partial charge in [0.05, 0.1) is 12.9 Å². The van der Waals surface area contributed by atoms with E-state index in [1.807, 2.05) is 53.4 Å². The fourth-order valence-corrected chi connectivity index (χ4v) is 5.48. The van der Waals surface area contributed by atoms with Crippen LogP contribution in [0.1, 0.15) is 49.5 Å². The number of hydrogen-bond donors (Lipinski definition) is 1. The molecule has 6 heteroatoms. The first-order valence-corrected chi connectivity index (χ1v) is 11.7. The first-order chi connectivity index (χ1) is 14.6. The molecule has 0 unspecified atom stereocenters. The number of amides is 2. The molecule has 30 heavy (non-hydrogen) atoms. The molecular formula is C24H28N2O3S. The van der Waals surface area contributed by atoms with Gasteiger partial charge in [0, 0.05) is 23.9 Å². The highest BCUT2D eigenvalue weighted by molar-refractivity contribution is 8.00. The minimum atomic E-state index is -0.0864. The number of carbonyl (C=O) groups excluding carboxylic acids is 2. The van der Waals surface area contributed by atoms with Crippen molar-refractivity contribution in [1.82, 2.24) is 0 Å². The molecule has 2 aromatic rings. The molecule has 2 aromatic carbocycles. The van der Waals surface area contributed by atoms with Crippen molar-refractivity contribution in [3.63, 3.8) is 0 Å². The Balaban J connectivity index is 1.40. The van der Waals surface area contributed by atoms with Crippen molar-refractivity contribution in [1.29, 1.82) is 0 Å². The van der Waals surface area contributed by atoms with Gasteiger partial charge < -0.3 is 10.1 Å². The summed E-state index contributed by atoms with van der Waals surface area (Å²) >= 11 is 1.61. The van der Waals surface area contributed by atoms with Gasteiger partial charge in [-0.25, -0.2) is 0 Å². The smallest absolute Gasteiger partial charge is 0.238 e. The van der Waals surface area contributed by atoms with E-state index in [2.05, 4.69) is 5.32 Å². The number of hydrogen-bond acceptors (Lipinski definition) is 4. The maximum absolute atomic E-state index is 12.6. The van der Waals surface area contributed by atoms with E-state index in [0.717, 1.165) is 35.0 Å². The maximum Gasteiger partial charge on any atom is 0.238 e. The molecule has 1 saturated heterocycles. The quantitative estimate of drug-likeness (QED) is 0.648. The number of nitrogens with one attached hydrogen (secondary N) is 1. The van der Waals surface area contributed by atoms with Crippen LogP contribution in [-0.2, 0) is 9.59 Å². The summed E-state index contributed by atoms with van der Waals surface area (Å²) in [6.07, 6.45) is 6.72. The third-order valence-corrected chi connectivity index (χ3v) is 7.15. The standard InChI is InChI=1S/C24H28N2O3S/c1-29-21-8-4-7-20(15-21)26-23(28)16-30-24(26)18-10-12-19(13-11-18)25-22(27)14-9-17-5-2-3-6-17/h4,7-8,10-13,15,17,24H,2-3,5-6,9,14,16H2,1H3,(H,25,27)/t24-/m1/s1. The van der Waals surface area contributed by atoms with Gasteiger partial charge in [0.1, 0.15) is 11.1 Å². The Morgan fingerprint density at radius 2 is 1.93 bits per heavy atom. The van der Waals surface area contributed by atoms with Crippen LogP contribution in [0.4, 0.5) is 11.4 Å². The monoisotopic (exact) mass is 424 g/mol. The van der Waals surface area contributed by atoms with Crippen LogP contribution in [0.5, 0.6) is 5.75 Å². The summed E-state index contributed by atoms with van der Waals surface area (Å²) in [6.45, 7) is 0. The molecule has 2 aliphatic rings. The minimum absolute atomic E-state index is 0.0816. The molecule has 0 aromatic heterocycles. The Morgan fingerprint density at radius 3 is 2.67 bits per heavy atom. The zero-order valence-corrected chi connectivity index (χ0v) is 18.1. The molecule has 1 saturated carbocycles. The molecule has 2 amide bonds.